The normalized spacial score (nSPS) is 19.8. The molecule has 1 aromatic heterocycles. The van der Waals surface area contributed by atoms with Crippen molar-refractivity contribution in [2.75, 3.05) is 6.61 Å². The molecule has 0 spiro atoms. The van der Waals surface area contributed by atoms with Crippen molar-refractivity contribution in [3.8, 4) is 11.6 Å². The third-order valence-corrected chi connectivity index (χ3v) is 4.42. The molecule has 3 rings (SSSR count). The van der Waals surface area contributed by atoms with Crippen molar-refractivity contribution in [3.05, 3.63) is 54.2 Å². The van der Waals surface area contributed by atoms with E-state index in [0.717, 1.165) is 0 Å². The summed E-state index contributed by atoms with van der Waals surface area (Å²) in [5.41, 5.74) is 0.268. The average Bonchev–Trinajstić information content (AvgIpc) is 2.67. The van der Waals surface area contributed by atoms with Crippen LogP contribution in [-0.2, 0) is 4.74 Å². The Balaban J connectivity index is 1.61. The van der Waals surface area contributed by atoms with Gasteiger partial charge in [0.05, 0.1) is 6.10 Å². The van der Waals surface area contributed by atoms with E-state index in [4.69, 9.17) is 9.47 Å². The van der Waals surface area contributed by atoms with Crippen molar-refractivity contribution in [2.24, 2.45) is 0 Å². The van der Waals surface area contributed by atoms with Gasteiger partial charge in [-0.25, -0.2) is 4.98 Å². The molecule has 0 aliphatic heterocycles. The second-order valence-electron chi connectivity index (χ2n) is 6.66. The molecule has 28 heavy (non-hydrogen) atoms. The highest BCUT2D eigenvalue weighted by Crippen LogP contribution is 2.26. The molecule has 2 atom stereocenters. The summed E-state index contributed by atoms with van der Waals surface area (Å²) in [5, 5.41) is 2.87. The van der Waals surface area contributed by atoms with Gasteiger partial charge >= 0.3 is 6.18 Å². The fraction of sp³-hybridized carbons (Fsp3) is 0.400. The fourth-order valence-corrected chi connectivity index (χ4v) is 3.15. The summed E-state index contributed by atoms with van der Waals surface area (Å²) < 4.78 is 47.7. The number of para-hydroxylation sites is 1. The van der Waals surface area contributed by atoms with Gasteiger partial charge in [-0.2, -0.15) is 13.2 Å². The maximum absolute atomic E-state index is 12.7. The molecule has 1 aliphatic carbocycles. The standard InChI is InChI=1S/C20H21F3N2O3/c21-20(22,23)13-27-16-9-4-6-14(12-16)25-18(26)17-10-5-11-24-19(17)28-15-7-2-1-3-8-15/h1-3,5,7-8,10-11,14,16H,4,6,9,12-13H2,(H,25,26)/t14-,16+/m0/s1. The Hall–Kier alpha value is -2.61. The molecule has 0 bridgehead atoms. The molecule has 1 fully saturated rings. The van der Waals surface area contributed by atoms with Crippen LogP contribution in [-0.4, -0.2) is 35.8 Å². The zero-order valence-corrected chi connectivity index (χ0v) is 15.1. The molecule has 150 valence electrons. The number of pyridine rings is 1. The van der Waals surface area contributed by atoms with E-state index in [1.807, 2.05) is 6.07 Å². The summed E-state index contributed by atoms with van der Waals surface area (Å²) in [7, 11) is 0. The minimum Gasteiger partial charge on any atom is -0.438 e. The molecule has 1 heterocycles. The molecule has 1 saturated carbocycles. The Morgan fingerprint density at radius 1 is 1.14 bits per heavy atom. The van der Waals surface area contributed by atoms with Crippen molar-refractivity contribution in [1.82, 2.24) is 10.3 Å². The van der Waals surface area contributed by atoms with E-state index < -0.39 is 18.9 Å². The quantitative estimate of drug-likeness (QED) is 0.784. The molecule has 1 N–H and O–H groups in total. The Bertz CT molecular complexity index is 784. The SMILES string of the molecule is O=C(N[C@H]1CCC[C@@H](OCC(F)(F)F)C1)c1cccnc1Oc1ccccc1. The van der Waals surface area contributed by atoms with Crippen LogP contribution in [0.1, 0.15) is 36.0 Å². The van der Waals surface area contributed by atoms with E-state index in [2.05, 4.69) is 10.3 Å². The number of ether oxygens (including phenoxy) is 2. The van der Waals surface area contributed by atoms with Crippen LogP contribution >= 0.6 is 0 Å². The summed E-state index contributed by atoms with van der Waals surface area (Å²) in [6, 6.07) is 11.9. The van der Waals surface area contributed by atoms with E-state index in [-0.39, 0.29) is 23.4 Å². The minimum absolute atomic E-state index is 0.173. The third kappa shape index (κ3) is 5.95. The Morgan fingerprint density at radius 3 is 2.68 bits per heavy atom. The highest BCUT2D eigenvalue weighted by molar-refractivity contribution is 5.96. The average molecular weight is 394 g/mol. The molecule has 0 unspecified atom stereocenters. The predicted molar refractivity (Wildman–Crippen MR) is 96.3 cm³/mol. The van der Waals surface area contributed by atoms with Crippen LogP contribution in [0.25, 0.3) is 0 Å². The van der Waals surface area contributed by atoms with E-state index in [1.54, 1.807) is 36.4 Å². The number of alkyl halides is 3. The van der Waals surface area contributed by atoms with E-state index in [0.29, 0.717) is 31.4 Å². The number of nitrogens with one attached hydrogen (secondary N) is 1. The Kier molecular flexibility index (Phi) is 6.51. The van der Waals surface area contributed by atoms with Gasteiger partial charge in [0.15, 0.2) is 0 Å². The van der Waals surface area contributed by atoms with Crippen molar-refractivity contribution < 1.29 is 27.4 Å². The number of amides is 1. The topological polar surface area (TPSA) is 60.5 Å². The molecule has 1 aliphatic rings. The minimum atomic E-state index is -4.35. The second kappa shape index (κ2) is 9.05. The summed E-state index contributed by atoms with van der Waals surface area (Å²) in [6.07, 6.45) is -1.07. The zero-order valence-electron chi connectivity index (χ0n) is 15.1. The molecule has 0 saturated heterocycles. The Morgan fingerprint density at radius 2 is 1.93 bits per heavy atom. The fourth-order valence-electron chi connectivity index (χ4n) is 3.15. The summed E-state index contributed by atoms with van der Waals surface area (Å²) in [4.78, 5) is 16.8. The largest absolute Gasteiger partial charge is 0.438 e. The lowest BCUT2D eigenvalue weighted by molar-refractivity contribution is -0.188. The first-order valence-electron chi connectivity index (χ1n) is 9.08. The number of carbonyl (C=O) groups excluding carboxylic acids is 1. The monoisotopic (exact) mass is 394 g/mol. The lowest BCUT2D eigenvalue weighted by atomic mass is 9.92. The van der Waals surface area contributed by atoms with Crippen molar-refractivity contribution >= 4 is 5.91 Å². The van der Waals surface area contributed by atoms with Crippen LogP contribution in [0.15, 0.2) is 48.7 Å². The van der Waals surface area contributed by atoms with Gasteiger partial charge in [-0.15, -0.1) is 0 Å². The molecule has 1 aromatic carbocycles. The van der Waals surface area contributed by atoms with Crippen molar-refractivity contribution in [1.29, 1.82) is 0 Å². The van der Waals surface area contributed by atoms with Gasteiger partial charge in [0.25, 0.3) is 5.91 Å². The first-order chi connectivity index (χ1) is 13.4. The number of benzene rings is 1. The van der Waals surface area contributed by atoms with Crippen molar-refractivity contribution in [3.63, 3.8) is 0 Å². The lowest BCUT2D eigenvalue weighted by Gasteiger charge is -2.30. The number of aromatic nitrogens is 1. The van der Waals surface area contributed by atoms with Gasteiger partial charge < -0.3 is 14.8 Å². The number of hydrogen-bond donors (Lipinski definition) is 1. The second-order valence-corrected chi connectivity index (χ2v) is 6.66. The molecular weight excluding hydrogens is 373 g/mol. The van der Waals surface area contributed by atoms with Gasteiger partial charge in [-0.3, -0.25) is 4.79 Å². The number of hydrogen-bond acceptors (Lipinski definition) is 4. The molecule has 0 radical (unpaired) electrons. The van der Waals surface area contributed by atoms with Crippen LogP contribution in [0.5, 0.6) is 11.6 Å². The van der Waals surface area contributed by atoms with Gasteiger partial charge in [-0.1, -0.05) is 18.2 Å². The van der Waals surface area contributed by atoms with Crippen molar-refractivity contribution in [2.45, 2.75) is 44.0 Å². The lowest BCUT2D eigenvalue weighted by Crippen LogP contribution is -2.41. The van der Waals surface area contributed by atoms with E-state index in [1.165, 1.54) is 6.20 Å². The maximum atomic E-state index is 12.7. The Labute approximate surface area is 160 Å². The third-order valence-electron chi connectivity index (χ3n) is 4.42. The highest BCUT2D eigenvalue weighted by Gasteiger charge is 2.31. The smallest absolute Gasteiger partial charge is 0.411 e. The summed E-state index contributed by atoms with van der Waals surface area (Å²) >= 11 is 0. The summed E-state index contributed by atoms with van der Waals surface area (Å²) in [6.45, 7) is -1.27. The first-order valence-corrected chi connectivity index (χ1v) is 9.08. The van der Waals surface area contributed by atoms with Gasteiger partial charge in [0.2, 0.25) is 5.88 Å². The van der Waals surface area contributed by atoms with Gasteiger partial charge in [0.1, 0.15) is 17.9 Å². The number of rotatable bonds is 6. The van der Waals surface area contributed by atoms with Gasteiger partial charge in [-0.05, 0) is 49.9 Å². The number of carbonyl (C=O) groups is 1. The molecule has 1 amide bonds. The number of halogens is 3. The first kappa shape index (κ1) is 20.1. The maximum Gasteiger partial charge on any atom is 0.411 e. The highest BCUT2D eigenvalue weighted by atomic mass is 19.4. The van der Waals surface area contributed by atoms with Crippen LogP contribution in [0.3, 0.4) is 0 Å². The van der Waals surface area contributed by atoms with Crippen LogP contribution in [0, 0.1) is 0 Å². The van der Waals surface area contributed by atoms with E-state index in [9.17, 15) is 18.0 Å². The van der Waals surface area contributed by atoms with E-state index >= 15 is 0 Å². The molecule has 8 heteroatoms. The van der Waals surface area contributed by atoms with Crippen LogP contribution in [0.4, 0.5) is 13.2 Å². The molecular formula is C20H21F3N2O3. The predicted octanol–water partition coefficient (Wildman–Crippen LogP) is 4.49. The van der Waals surface area contributed by atoms with Crippen LogP contribution < -0.4 is 10.1 Å². The number of nitrogens with zero attached hydrogens (tertiary/aromatic N) is 1. The zero-order chi connectivity index (χ0) is 20.0. The van der Waals surface area contributed by atoms with Gasteiger partial charge in [0, 0.05) is 12.2 Å². The van der Waals surface area contributed by atoms with Crippen LogP contribution in [0.2, 0.25) is 0 Å². The summed E-state index contributed by atoms with van der Waals surface area (Å²) in [5.74, 6) is 0.348. The molecule has 5 nitrogen and oxygen atoms in total. The molecule has 2 aromatic rings.